The molecule has 2 heterocycles. The van der Waals surface area contributed by atoms with Crippen molar-refractivity contribution in [3.05, 3.63) is 64.7 Å². The molecule has 1 spiro atoms. The van der Waals surface area contributed by atoms with Crippen LogP contribution in [0.25, 0.3) is 0 Å². The first-order valence-corrected chi connectivity index (χ1v) is 11.1. The zero-order chi connectivity index (χ0) is 19.8. The monoisotopic (exact) mass is 393 g/mol. The topological polar surface area (TPSA) is 52.9 Å². The van der Waals surface area contributed by atoms with Gasteiger partial charge >= 0.3 is 0 Å². The summed E-state index contributed by atoms with van der Waals surface area (Å²) in [5.74, 6) is 0.828. The van der Waals surface area contributed by atoms with Crippen molar-refractivity contribution in [1.29, 1.82) is 0 Å². The Morgan fingerprint density at radius 1 is 1.03 bits per heavy atom. The highest BCUT2D eigenvalue weighted by Gasteiger charge is 2.42. The molecule has 4 heteroatoms. The largest absolute Gasteiger partial charge is 0.487 e. The van der Waals surface area contributed by atoms with E-state index in [0.717, 1.165) is 49.2 Å². The molecule has 0 unspecified atom stereocenters. The standard InChI is InChI=1S/C25H31NO3/c27-22-16-25(29-24-8-4-3-7-21(22)24)11-13-26(14-12-25)17-23(28)20-10-9-18-5-1-2-6-19(18)15-20/h3-4,7-10,15,22-23,27-28H,1-2,5-6,11-14,16-17H2/t22-,23+/m0/s1. The maximum absolute atomic E-state index is 10.8. The molecule has 1 aliphatic carbocycles. The van der Waals surface area contributed by atoms with E-state index in [2.05, 4.69) is 23.1 Å². The Morgan fingerprint density at radius 2 is 1.79 bits per heavy atom. The van der Waals surface area contributed by atoms with Crippen molar-refractivity contribution < 1.29 is 14.9 Å². The van der Waals surface area contributed by atoms with Crippen LogP contribution in [0.5, 0.6) is 5.75 Å². The summed E-state index contributed by atoms with van der Waals surface area (Å²) in [5.41, 5.74) is 4.56. The van der Waals surface area contributed by atoms with Gasteiger partial charge in [0.15, 0.2) is 0 Å². The lowest BCUT2D eigenvalue weighted by molar-refractivity contribution is -0.0587. The number of fused-ring (bicyclic) bond motifs is 2. The lowest BCUT2D eigenvalue weighted by atomic mass is 9.81. The maximum Gasteiger partial charge on any atom is 0.125 e. The molecule has 5 rings (SSSR count). The number of aryl methyl sites for hydroxylation is 2. The summed E-state index contributed by atoms with van der Waals surface area (Å²) in [6, 6.07) is 14.4. The Morgan fingerprint density at radius 3 is 2.62 bits per heavy atom. The fourth-order valence-corrected chi connectivity index (χ4v) is 5.35. The molecule has 0 radical (unpaired) electrons. The SMILES string of the molecule is O[C@H](CN1CCC2(CC1)C[C@H](O)c1ccccc1O2)c1ccc2c(c1)CCCC2. The van der Waals surface area contributed by atoms with Crippen molar-refractivity contribution in [3.8, 4) is 5.75 Å². The molecule has 0 amide bonds. The van der Waals surface area contributed by atoms with Crippen LogP contribution in [0.4, 0.5) is 0 Å². The van der Waals surface area contributed by atoms with Gasteiger partial charge in [0.05, 0.1) is 12.2 Å². The molecule has 2 atom stereocenters. The first-order valence-electron chi connectivity index (χ1n) is 11.1. The average molecular weight is 394 g/mol. The van der Waals surface area contributed by atoms with Crippen molar-refractivity contribution in [2.24, 2.45) is 0 Å². The van der Waals surface area contributed by atoms with Crippen molar-refractivity contribution in [2.75, 3.05) is 19.6 Å². The fraction of sp³-hybridized carbons (Fsp3) is 0.520. The van der Waals surface area contributed by atoms with E-state index in [1.165, 1.54) is 30.4 Å². The number of aliphatic hydroxyl groups excluding tert-OH is 2. The minimum absolute atomic E-state index is 0.277. The van der Waals surface area contributed by atoms with Gasteiger partial charge in [-0.15, -0.1) is 0 Å². The zero-order valence-corrected chi connectivity index (χ0v) is 17.0. The van der Waals surface area contributed by atoms with Gasteiger partial charge in [-0.3, -0.25) is 0 Å². The number of hydrogen-bond donors (Lipinski definition) is 2. The summed E-state index contributed by atoms with van der Waals surface area (Å²) < 4.78 is 6.38. The highest BCUT2D eigenvalue weighted by Crippen LogP contribution is 2.44. The quantitative estimate of drug-likeness (QED) is 0.829. The number of likely N-dealkylation sites (tertiary alicyclic amines) is 1. The molecule has 1 saturated heterocycles. The van der Waals surface area contributed by atoms with Gasteiger partial charge < -0.3 is 19.8 Å². The van der Waals surface area contributed by atoms with Gasteiger partial charge in [-0.05, 0) is 61.3 Å². The Labute approximate surface area is 173 Å². The minimum Gasteiger partial charge on any atom is -0.487 e. The Balaban J connectivity index is 1.21. The Kier molecular flexibility index (Phi) is 5.10. The van der Waals surface area contributed by atoms with E-state index in [0.29, 0.717) is 13.0 Å². The summed E-state index contributed by atoms with van der Waals surface area (Å²) in [6.45, 7) is 2.43. The number of ether oxygens (including phenoxy) is 1. The number of aliphatic hydroxyl groups is 2. The number of rotatable bonds is 3. The third kappa shape index (κ3) is 3.81. The first kappa shape index (κ1) is 19.1. The predicted molar refractivity (Wildman–Crippen MR) is 113 cm³/mol. The van der Waals surface area contributed by atoms with Crippen LogP contribution >= 0.6 is 0 Å². The summed E-state index contributed by atoms with van der Waals surface area (Å²) in [4.78, 5) is 2.34. The number of para-hydroxylation sites is 1. The minimum atomic E-state index is -0.451. The van der Waals surface area contributed by atoms with Gasteiger partial charge in [0.2, 0.25) is 0 Å². The second-order valence-corrected chi connectivity index (χ2v) is 9.09. The molecule has 3 aliphatic rings. The van der Waals surface area contributed by atoms with Gasteiger partial charge in [0.25, 0.3) is 0 Å². The molecule has 2 aliphatic heterocycles. The molecule has 2 aromatic rings. The number of β-amino-alcohol motifs (C(OH)–C–C–N with tert-alkyl or cyclic N) is 1. The molecule has 1 fully saturated rings. The van der Waals surface area contributed by atoms with Gasteiger partial charge in [-0.25, -0.2) is 0 Å². The van der Waals surface area contributed by atoms with Crippen molar-refractivity contribution in [2.45, 2.75) is 62.8 Å². The van der Waals surface area contributed by atoms with Crippen LogP contribution in [-0.2, 0) is 12.8 Å². The number of piperidine rings is 1. The van der Waals surface area contributed by atoms with Gasteiger partial charge in [0, 0.05) is 31.6 Å². The molecule has 0 saturated carbocycles. The third-order valence-electron chi connectivity index (χ3n) is 7.13. The van der Waals surface area contributed by atoms with E-state index >= 15 is 0 Å². The number of benzene rings is 2. The van der Waals surface area contributed by atoms with Crippen molar-refractivity contribution in [1.82, 2.24) is 4.90 Å². The first-order chi connectivity index (χ1) is 14.1. The molecule has 0 aromatic heterocycles. The highest BCUT2D eigenvalue weighted by molar-refractivity contribution is 5.38. The van der Waals surface area contributed by atoms with Gasteiger partial charge in [-0.1, -0.05) is 36.4 Å². The summed E-state index contributed by atoms with van der Waals surface area (Å²) >= 11 is 0. The van der Waals surface area contributed by atoms with E-state index in [-0.39, 0.29) is 5.60 Å². The van der Waals surface area contributed by atoms with E-state index in [9.17, 15) is 10.2 Å². The van der Waals surface area contributed by atoms with E-state index < -0.39 is 12.2 Å². The van der Waals surface area contributed by atoms with E-state index in [1.54, 1.807) is 0 Å². The average Bonchev–Trinajstić information content (AvgIpc) is 2.75. The molecule has 4 nitrogen and oxygen atoms in total. The lowest BCUT2D eigenvalue weighted by Crippen LogP contribution is -2.51. The molecule has 0 bridgehead atoms. The molecule has 2 N–H and O–H groups in total. The van der Waals surface area contributed by atoms with Crippen LogP contribution in [0.2, 0.25) is 0 Å². The second-order valence-electron chi connectivity index (χ2n) is 9.09. The van der Waals surface area contributed by atoms with Crippen molar-refractivity contribution in [3.63, 3.8) is 0 Å². The van der Waals surface area contributed by atoms with E-state index in [1.807, 2.05) is 24.3 Å². The molecule has 2 aromatic carbocycles. The van der Waals surface area contributed by atoms with Crippen molar-refractivity contribution >= 4 is 0 Å². The second kappa shape index (κ2) is 7.75. The van der Waals surface area contributed by atoms with Gasteiger partial charge in [-0.2, -0.15) is 0 Å². The smallest absolute Gasteiger partial charge is 0.125 e. The third-order valence-corrected chi connectivity index (χ3v) is 7.13. The summed E-state index contributed by atoms with van der Waals surface area (Å²) in [5, 5.41) is 21.4. The summed E-state index contributed by atoms with van der Waals surface area (Å²) in [6.07, 6.45) is 6.39. The highest BCUT2D eigenvalue weighted by atomic mass is 16.5. The molecular formula is C25H31NO3. The molecular weight excluding hydrogens is 362 g/mol. The van der Waals surface area contributed by atoms with Crippen LogP contribution in [-0.4, -0.2) is 40.3 Å². The van der Waals surface area contributed by atoms with Gasteiger partial charge in [0.1, 0.15) is 11.4 Å². The fourth-order valence-electron chi connectivity index (χ4n) is 5.35. The zero-order valence-electron chi connectivity index (χ0n) is 17.0. The van der Waals surface area contributed by atoms with Crippen LogP contribution in [0, 0.1) is 0 Å². The number of nitrogens with zero attached hydrogens (tertiary/aromatic N) is 1. The van der Waals surface area contributed by atoms with E-state index in [4.69, 9.17) is 4.74 Å². The molecule has 29 heavy (non-hydrogen) atoms. The Bertz CT molecular complexity index is 872. The normalized spacial score (nSPS) is 24.4. The van der Waals surface area contributed by atoms with Crippen LogP contribution < -0.4 is 4.74 Å². The van der Waals surface area contributed by atoms with Crippen LogP contribution in [0.3, 0.4) is 0 Å². The summed E-state index contributed by atoms with van der Waals surface area (Å²) in [7, 11) is 0. The maximum atomic E-state index is 10.8. The van der Waals surface area contributed by atoms with Crippen LogP contribution in [0.15, 0.2) is 42.5 Å². The lowest BCUT2D eigenvalue weighted by Gasteiger charge is -2.46. The van der Waals surface area contributed by atoms with Crippen LogP contribution in [0.1, 0.15) is 66.6 Å². The Hall–Kier alpha value is -1.88. The molecule has 154 valence electrons. The number of hydrogen-bond acceptors (Lipinski definition) is 4. The predicted octanol–water partition coefficient (Wildman–Crippen LogP) is 3.95.